The molecule has 0 atom stereocenters. The summed E-state index contributed by atoms with van der Waals surface area (Å²) in [6.45, 7) is 3.23. The summed E-state index contributed by atoms with van der Waals surface area (Å²) in [6, 6.07) is 5.92. The Morgan fingerprint density at radius 3 is 2.88 bits per heavy atom. The molecule has 0 bridgehead atoms. The smallest absolute Gasteiger partial charge is 0.335 e. The van der Waals surface area contributed by atoms with Crippen LogP contribution in [0.5, 0.6) is 0 Å². The van der Waals surface area contributed by atoms with Gasteiger partial charge < -0.3 is 4.74 Å². The minimum absolute atomic E-state index is 0.0285. The second-order valence-electron chi connectivity index (χ2n) is 2.79. The fourth-order valence-corrected chi connectivity index (χ4v) is 1.03. The van der Waals surface area contributed by atoms with Crippen molar-refractivity contribution >= 4 is 17.7 Å². The Morgan fingerprint density at radius 2 is 2.25 bits per heavy atom. The zero-order valence-corrected chi connectivity index (χ0v) is 8.33. The summed E-state index contributed by atoms with van der Waals surface area (Å²) < 4.78 is 4.45. The predicted octanol–water partition coefficient (Wildman–Crippen LogP) is 2.29. The molecule has 1 aromatic rings. The Hall–Kier alpha value is -2.43. The van der Waals surface area contributed by atoms with Gasteiger partial charge in [0.05, 0.1) is 11.2 Å². The molecule has 1 rings (SSSR count). The van der Waals surface area contributed by atoms with E-state index in [9.17, 15) is 14.9 Å². The number of carbonyl (C=O) groups is 1. The number of esters is 1. The van der Waals surface area contributed by atoms with Crippen molar-refractivity contribution in [3.05, 3.63) is 58.9 Å². The highest BCUT2D eigenvalue weighted by Gasteiger charge is 2.03. The Kier molecular flexibility index (Phi) is 3.97. The molecule has 0 fully saturated rings. The molecule has 0 spiro atoms. The van der Waals surface area contributed by atoms with Crippen LogP contribution in [0.2, 0.25) is 0 Å². The average Bonchev–Trinajstić information content (AvgIpc) is 2.27. The summed E-state index contributed by atoms with van der Waals surface area (Å²) in [7, 11) is 0. The predicted molar refractivity (Wildman–Crippen MR) is 58.4 cm³/mol. The normalized spacial score (nSPS) is 10.0. The molecule has 0 aromatic heterocycles. The van der Waals surface area contributed by atoms with Crippen LogP contribution in [-0.4, -0.2) is 10.9 Å². The first-order chi connectivity index (χ1) is 7.63. The molecule has 0 heterocycles. The molecule has 0 amide bonds. The van der Waals surface area contributed by atoms with Crippen LogP contribution in [0.3, 0.4) is 0 Å². The standard InChI is InChI=1S/C11H9NO4/c1-2-16-11(13)7-6-9-4-3-5-10(8-9)12(14)15/h2-8H,1H2. The lowest BCUT2D eigenvalue weighted by atomic mass is 10.2. The Balaban J connectivity index is 2.81. The van der Waals surface area contributed by atoms with Crippen molar-refractivity contribution in [2.75, 3.05) is 0 Å². The third-order valence-corrected chi connectivity index (χ3v) is 1.69. The number of hydrogen-bond acceptors (Lipinski definition) is 4. The highest BCUT2D eigenvalue weighted by Crippen LogP contribution is 2.14. The molecule has 16 heavy (non-hydrogen) atoms. The van der Waals surface area contributed by atoms with Crippen molar-refractivity contribution in [1.82, 2.24) is 0 Å². The second-order valence-corrected chi connectivity index (χ2v) is 2.79. The summed E-state index contributed by atoms with van der Waals surface area (Å²) in [6.07, 6.45) is 3.61. The first-order valence-corrected chi connectivity index (χ1v) is 4.37. The second kappa shape index (κ2) is 5.45. The summed E-state index contributed by atoms with van der Waals surface area (Å²) in [5.74, 6) is -0.582. The lowest BCUT2D eigenvalue weighted by molar-refractivity contribution is -0.384. The number of ether oxygens (including phenoxy) is 1. The number of nitro benzene ring substituents is 1. The van der Waals surface area contributed by atoms with Gasteiger partial charge >= 0.3 is 5.97 Å². The molecule has 0 saturated heterocycles. The van der Waals surface area contributed by atoms with Gasteiger partial charge in [-0.15, -0.1) is 0 Å². The van der Waals surface area contributed by atoms with Crippen molar-refractivity contribution in [2.24, 2.45) is 0 Å². The van der Waals surface area contributed by atoms with Crippen LogP contribution in [0.4, 0.5) is 5.69 Å². The molecule has 82 valence electrons. The van der Waals surface area contributed by atoms with E-state index in [1.807, 2.05) is 0 Å². The number of benzene rings is 1. The van der Waals surface area contributed by atoms with Crippen LogP contribution in [0, 0.1) is 10.1 Å². The lowest BCUT2D eigenvalue weighted by Gasteiger charge is -1.94. The van der Waals surface area contributed by atoms with Crippen molar-refractivity contribution in [3.63, 3.8) is 0 Å². The van der Waals surface area contributed by atoms with Gasteiger partial charge in [-0.3, -0.25) is 10.1 Å². The molecular formula is C11H9NO4. The zero-order chi connectivity index (χ0) is 12.0. The molecule has 5 heteroatoms. The average molecular weight is 219 g/mol. The topological polar surface area (TPSA) is 69.4 Å². The summed E-state index contributed by atoms with van der Waals surface area (Å²) >= 11 is 0. The zero-order valence-electron chi connectivity index (χ0n) is 8.33. The van der Waals surface area contributed by atoms with Gasteiger partial charge in [-0.2, -0.15) is 0 Å². The van der Waals surface area contributed by atoms with E-state index < -0.39 is 10.9 Å². The Bertz CT molecular complexity index is 451. The van der Waals surface area contributed by atoms with Crippen LogP contribution < -0.4 is 0 Å². The van der Waals surface area contributed by atoms with E-state index >= 15 is 0 Å². The van der Waals surface area contributed by atoms with Crippen molar-refractivity contribution in [3.8, 4) is 0 Å². The molecule has 0 aliphatic heterocycles. The van der Waals surface area contributed by atoms with Gasteiger partial charge in [0.25, 0.3) is 5.69 Å². The van der Waals surface area contributed by atoms with E-state index in [4.69, 9.17) is 0 Å². The quantitative estimate of drug-likeness (QED) is 0.256. The molecule has 0 saturated carbocycles. The maximum Gasteiger partial charge on any atom is 0.335 e. The van der Waals surface area contributed by atoms with Gasteiger partial charge in [0.15, 0.2) is 0 Å². The molecule has 0 radical (unpaired) electrons. The Morgan fingerprint density at radius 1 is 1.50 bits per heavy atom. The third kappa shape index (κ3) is 3.38. The molecule has 1 aromatic carbocycles. The maximum atomic E-state index is 10.9. The SMILES string of the molecule is C=COC(=O)C=Cc1cccc([N+](=O)[O-])c1. The maximum absolute atomic E-state index is 10.9. The third-order valence-electron chi connectivity index (χ3n) is 1.69. The minimum Gasteiger partial charge on any atom is -0.432 e. The Labute approximate surface area is 91.8 Å². The monoisotopic (exact) mass is 219 g/mol. The van der Waals surface area contributed by atoms with Crippen LogP contribution in [0.15, 0.2) is 43.2 Å². The number of carbonyl (C=O) groups excluding carboxylic acids is 1. The largest absolute Gasteiger partial charge is 0.432 e. The van der Waals surface area contributed by atoms with Gasteiger partial charge in [0.1, 0.15) is 0 Å². The van der Waals surface area contributed by atoms with Crippen LogP contribution >= 0.6 is 0 Å². The van der Waals surface area contributed by atoms with Crippen molar-refractivity contribution in [1.29, 1.82) is 0 Å². The van der Waals surface area contributed by atoms with Gasteiger partial charge in [0.2, 0.25) is 0 Å². The molecule has 0 N–H and O–H groups in total. The summed E-state index contributed by atoms with van der Waals surface area (Å²) in [4.78, 5) is 20.9. The molecule has 0 aliphatic carbocycles. The van der Waals surface area contributed by atoms with E-state index in [2.05, 4.69) is 11.3 Å². The molecule has 0 aliphatic rings. The number of nitro groups is 1. The molecule has 5 nitrogen and oxygen atoms in total. The van der Waals surface area contributed by atoms with E-state index in [1.165, 1.54) is 30.4 Å². The summed E-state index contributed by atoms with van der Waals surface area (Å²) in [5, 5.41) is 10.5. The number of rotatable bonds is 4. The van der Waals surface area contributed by atoms with E-state index in [1.54, 1.807) is 6.07 Å². The van der Waals surface area contributed by atoms with Crippen molar-refractivity contribution in [2.45, 2.75) is 0 Å². The van der Waals surface area contributed by atoms with Gasteiger partial charge in [0, 0.05) is 18.2 Å². The van der Waals surface area contributed by atoms with Gasteiger partial charge in [-0.05, 0) is 11.6 Å². The molecule has 0 unspecified atom stereocenters. The number of hydrogen-bond donors (Lipinski definition) is 0. The van der Waals surface area contributed by atoms with Gasteiger partial charge in [-0.1, -0.05) is 18.7 Å². The summed E-state index contributed by atoms with van der Waals surface area (Å²) in [5.41, 5.74) is 0.523. The molecular weight excluding hydrogens is 210 g/mol. The minimum atomic E-state index is -0.582. The highest BCUT2D eigenvalue weighted by molar-refractivity contribution is 5.87. The number of nitrogens with zero attached hydrogens (tertiary/aromatic N) is 1. The van der Waals surface area contributed by atoms with Crippen molar-refractivity contribution < 1.29 is 14.5 Å². The van der Waals surface area contributed by atoms with Crippen LogP contribution in [0.1, 0.15) is 5.56 Å². The number of non-ortho nitro benzene ring substituents is 1. The highest BCUT2D eigenvalue weighted by atomic mass is 16.6. The van der Waals surface area contributed by atoms with E-state index in [-0.39, 0.29) is 5.69 Å². The van der Waals surface area contributed by atoms with Crippen LogP contribution in [0.25, 0.3) is 6.08 Å². The van der Waals surface area contributed by atoms with Gasteiger partial charge in [-0.25, -0.2) is 4.79 Å². The van der Waals surface area contributed by atoms with Crippen LogP contribution in [-0.2, 0) is 9.53 Å². The lowest BCUT2D eigenvalue weighted by Crippen LogP contribution is -1.92. The van der Waals surface area contributed by atoms with E-state index in [0.29, 0.717) is 5.56 Å². The first kappa shape index (κ1) is 11.6. The first-order valence-electron chi connectivity index (χ1n) is 4.37. The fourth-order valence-electron chi connectivity index (χ4n) is 1.03. The fraction of sp³-hybridized carbons (Fsp3) is 0. The van der Waals surface area contributed by atoms with E-state index in [0.717, 1.165) is 6.26 Å².